The van der Waals surface area contributed by atoms with Crippen LogP contribution in [0.3, 0.4) is 0 Å². The fourth-order valence-corrected chi connectivity index (χ4v) is 3.81. The smallest absolute Gasteiger partial charge is 0.214 e. The minimum atomic E-state index is -0.123. The number of carbonyl (C=O) groups is 1. The number of thiol groups is 1. The fourth-order valence-electron chi connectivity index (χ4n) is 2.78. The lowest BCUT2D eigenvalue weighted by molar-refractivity contribution is -0.116. The Morgan fingerprint density at radius 3 is 2.59 bits per heavy atom. The van der Waals surface area contributed by atoms with Crippen LogP contribution in [0.4, 0.5) is 5.82 Å². The Labute approximate surface area is 191 Å². The molecule has 1 amide bonds. The molecule has 0 unspecified atom stereocenters. The molecule has 0 bridgehead atoms. The molecular weight excluding hydrogens is 432 g/mol. The first-order chi connectivity index (χ1) is 15.4. The molecule has 0 spiro atoms. The summed E-state index contributed by atoms with van der Waals surface area (Å²) in [6.07, 6.45) is 2.56. The highest BCUT2D eigenvalue weighted by Gasteiger charge is 2.13. The summed E-state index contributed by atoms with van der Waals surface area (Å²) in [7, 11) is 1.60. The molecule has 2 rings (SSSR count). The van der Waals surface area contributed by atoms with Crippen molar-refractivity contribution in [1.82, 2.24) is 14.9 Å². The number of aromatic nitrogens is 2. The lowest BCUT2D eigenvalue weighted by Gasteiger charge is -2.21. The normalized spacial score (nSPS) is 12.6. The highest BCUT2D eigenvalue weighted by atomic mass is 32.1. The van der Waals surface area contributed by atoms with Crippen molar-refractivity contribution < 1.29 is 24.5 Å². The second kappa shape index (κ2) is 12.9. The monoisotopic (exact) mass is 462 g/mol. The molecule has 32 heavy (non-hydrogen) atoms. The van der Waals surface area contributed by atoms with Gasteiger partial charge in [0.05, 0.1) is 13.2 Å². The molecule has 10 heteroatoms. The quantitative estimate of drug-likeness (QED) is 0.163. The van der Waals surface area contributed by atoms with E-state index in [2.05, 4.69) is 9.97 Å². The number of aryl methyl sites for hydroxylation is 1. The van der Waals surface area contributed by atoms with E-state index in [1.807, 2.05) is 0 Å². The molecule has 0 fully saturated rings. The average molecular weight is 463 g/mol. The third-order valence-electron chi connectivity index (χ3n) is 4.59. The predicted octanol–water partition coefficient (Wildman–Crippen LogP) is 2.17. The van der Waals surface area contributed by atoms with Gasteiger partial charge in [-0.25, -0.2) is 9.97 Å². The van der Waals surface area contributed by atoms with Crippen molar-refractivity contribution in [3.63, 3.8) is 0 Å². The first-order valence-corrected chi connectivity index (χ1v) is 10.9. The van der Waals surface area contributed by atoms with Gasteiger partial charge in [-0.2, -0.15) is 0 Å². The second-order valence-electron chi connectivity index (χ2n) is 6.87. The molecule has 0 radical (unpaired) electrons. The van der Waals surface area contributed by atoms with E-state index in [0.29, 0.717) is 76.5 Å². The maximum absolute atomic E-state index is 11.8. The standard InChI is InChI=1S/C22H30N4O5S/c1-15(26(14-28)13-18-12-24-16(2)25-21(18)23)20(8-9-27)32-22(29)17-4-6-19(7-5-17)31-11-10-30-3/h4-7,12,14,27,29,32H,8-11,13H2,1-3H3,(H2,23,24,25)/b20-15-. The molecule has 1 aromatic heterocycles. The van der Waals surface area contributed by atoms with Crippen molar-refractivity contribution in [1.29, 1.82) is 0 Å². The number of allylic oxidation sites excluding steroid dienone is 1. The number of hydrogen-bond acceptors (Lipinski definition) is 7. The summed E-state index contributed by atoms with van der Waals surface area (Å²) < 4.78 is 10.5. The number of carbonyl (C=O) groups excluding carboxylic acids is 1. The van der Waals surface area contributed by atoms with Crippen molar-refractivity contribution >= 4 is 28.6 Å². The van der Waals surface area contributed by atoms with Crippen LogP contribution in [0.1, 0.15) is 30.3 Å². The van der Waals surface area contributed by atoms with Gasteiger partial charge in [0.2, 0.25) is 6.41 Å². The van der Waals surface area contributed by atoms with E-state index in [1.165, 1.54) is 4.90 Å². The Morgan fingerprint density at radius 1 is 1.28 bits per heavy atom. The van der Waals surface area contributed by atoms with E-state index >= 15 is 0 Å². The molecule has 0 aliphatic rings. The zero-order chi connectivity index (χ0) is 23.5. The zero-order valence-corrected chi connectivity index (χ0v) is 19.4. The largest absolute Gasteiger partial charge is 0.491 e. The number of rotatable bonds is 12. The summed E-state index contributed by atoms with van der Waals surface area (Å²) in [4.78, 5) is 22.2. The highest BCUT2D eigenvalue weighted by molar-refractivity contribution is 8.02. The number of aliphatic hydroxyl groups is 2. The fraction of sp³-hybridized carbons (Fsp3) is 0.364. The van der Waals surface area contributed by atoms with E-state index in [4.69, 9.17) is 15.2 Å². The van der Waals surface area contributed by atoms with Crippen molar-refractivity contribution in [3.05, 3.63) is 58.0 Å². The molecule has 0 saturated heterocycles. The van der Waals surface area contributed by atoms with Gasteiger partial charge in [0.15, 0.2) is 0 Å². The van der Waals surface area contributed by atoms with Gasteiger partial charge in [-0.05, 0) is 38.1 Å². The number of benzene rings is 1. The van der Waals surface area contributed by atoms with Crippen LogP contribution in [0.25, 0.3) is 0 Å². The zero-order valence-electron chi connectivity index (χ0n) is 18.5. The number of nitrogen functional groups attached to an aromatic ring is 1. The molecule has 2 aromatic rings. The van der Waals surface area contributed by atoms with Gasteiger partial charge in [0.25, 0.3) is 0 Å². The van der Waals surface area contributed by atoms with Crippen LogP contribution in [0.2, 0.25) is 0 Å². The first kappa shape index (κ1) is 25.5. The maximum Gasteiger partial charge on any atom is 0.214 e. The molecule has 174 valence electrons. The van der Waals surface area contributed by atoms with Crippen LogP contribution in [0, 0.1) is 6.92 Å². The van der Waals surface area contributed by atoms with Crippen LogP contribution in [-0.4, -0.2) is 63.5 Å². The van der Waals surface area contributed by atoms with Crippen LogP contribution in [0.15, 0.2) is 41.1 Å². The molecule has 0 aliphatic heterocycles. The maximum atomic E-state index is 11.8. The average Bonchev–Trinajstić information content (AvgIpc) is 2.78. The Morgan fingerprint density at radius 2 is 2.00 bits per heavy atom. The van der Waals surface area contributed by atoms with Crippen LogP contribution < -0.4 is 10.5 Å². The Balaban J connectivity index is 2.26. The van der Waals surface area contributed by atoms with Crippen LogP contribution in [-0.2, 0) is 16.1 Å². The number of anilines is 1. The lowest BCUT2D eigenvalue weighted by Crippen LogP contribution is -2.22. The van der Waals surface area contributed by atoms with Gasteiger partial charge in [-0.1, -0.05) is 0 Å². The van der Waals surface area contributed by atoms with Gasteiger partial charge in [-0.3, -0.25) is 4.79 Å². The molecule has 0 atom stereocenters. The molecule has 4 N–H and O–H groups in total. The van der Waals surface area contributed by atoms with Crippen LogP contribution in [0.5, 0.6) is 5.75 Å². The number of nitrogens with zero attached hydrogens (tertiary/aromatic N) is 3. The Bertz CT molecular complexity index is 963. The number of hydrogen-bond donors (Lipinski definition) is 4. The van der Waals surface area contributed by atoms with Crippen molar-refractivity contribution in [3.8, 4) is 5.75 Å². The van der Waals surface area contributed by atoms with Gasteiger partial charge >= 0.3 is 0 Å². The number of ether oxygens (including phenoxy) is 2. The van der Waals surface area contributed by atoms with Gasteiger partial charge < -0.3 is 30.3 Å². The van der Waals surface area contributed by atoms with E-state index in [9.17, 15) is 15.0 Å². The summed E-state index contributed by atoms with van der Waals surface area (Å²) >= 11 is 0.483. The predicted molar refractivity (Wildman–Crippen MR) is 127 cm³/mol. The van der Waals surface area contributed by atoms with Crippen molar-refractivity contribution in [2.45, 2.75) is 26.8 Å². The molecule has 9 nitrogen and oxygen atoms in total. The Kier molecular flexibility index (Phi) is 10.3. The van der Waals surface area contributed by atoms with E-state index in [-0.39, 0.29) is 18.2 Å². The number of aliphatic hydroxyl groups excluding tert-OH is 2. The van der Waals surface area contributed by atoms with Gasteiger partial charge in [-0.15, -0.1) is 11.4 Å². The summed E-state index contributed by atoms with van der Waals surface area (Å²) in [5, 5.41) is 20.3. The Hall–Kier alpha value is -2.79. The molecule has 0 saturated carbocycles. The minimum Gasteiger partial charge on any atom is -0.491 e. The van der Waals surface area contributed by atoms with E-state index in [0.717, 1.165) is 0 Å². The molecular formula is C22H30N4O5S. The first-order valence-electron chi connectivity index (χ1n) is 10.00. The van der Waals surface area contributed by atoms with Crippen molar-refractivity contribution in [2.24, 2.45) is 0 Å². The van der Waals surface area contributed by atoms with Gasteiger partial charge in [0, 0.05) is 48.1 Å². The highest BCUT2D eigenvalue weighted by Crippen LogP contribution is 2.24. The van der Waals surface area contributed by atoms with E-state index < -0.39 is 0 Å². The van der Waals surface area contributed by atoms with Gasteiger partial charge in [0.1, 0.15) is 29.0 Å². The van der Waals surface area contributed by atoms with E-state index in [1.54, 1.807) is 51.4 Å². The third kappa shape index (κ3) is 7.41. The van der Waals surface area contributed by atoms with Crippen LogP contribution >= 0.6 is 11.4 Å². The molecule has 0 aliphatic carbocycles. The summed E-state index contributed by atoms with van der Waals surface area (Å²) in [5.41, 5.74) is 7.79. The molecule has 1 heterocycles. The molecule has 1 aromatic carbocycles. The summed E-state index contributed by atoms with van der Waals surface area (Å²) in [6.45, 7) is 4.47. The summed E-state index contributed by atoms with van der Waals surface area (Å²) in [6, 6.07) is 7.02. The third-order valence-corrected chi connectivity index (χ3v) is 5.88. The minimum absolute atomic E-state index is 0.0975. The van der Waals surface area contributed by atoms with Crippen molar-refractivity contribution in [2.75, 3.05) is 32.7 Å². The number of methoxy groups -OCH3 is 1. The topological polar surface area (TPSA) is 131 Å². The second-order valence-corrected chi connectivity index (χ2v) is 8.05. The number of amides is 1. The number of nitrogens with two attached hydrogens (primary N) is 1. The lowest BCUT2D eigenvalue weighted by atomic mass is 10.2. The summed E-state index contributed by atoms with van der Waals surface area (Å²) in [5.74, 6) is 1.52. The SMILES string of the molecule is COCCOc1ccc(/C(O)=[SH]/C(CCO)=C(/C)N(C=O)Cc2cnc(C)nc2N)cc1.